The monoisotopic (exact) mass is 300 g/mol. The van der Waals surface area contributed by atoms with Gasteiger partial charge in [0.25, 0.3) is 6.43 Å². The lowest BCUT2D eigenvalue weighted by atomic mass is 10.1. The van der Waals surface area contributed by atoms with Crippen LogP contribution in [0.4, 0.5) is 8.78 Å². The van der Waals surface area contributed by atoms with E-state index in [-0.39, 0.29) is 24.2 Å². The Hall–Kier alpha value is -1.76. The molecular formula is C14H18F2N2O3. The van der Waals surface area contributed by atoms with Crippen LogP contribution in [0.5, 0.6) is 5.88 Å². The van der Waals surface area contributed by atoms with E-state index in [2.05, 4.69) is 10.3 Å². The Labute approximate surface area is 121 Å². The minimum atomic E-state index is -2.56. The Morgan fingerprint density at radius 3 is 3.00 bits per heavy atom. The molecule has 2 atom stereocenters. The first kappa shape index (κ1) is 15.6. The molecule has 2 unspecified atom stereocenters. The van der Waals surface area contributed by atoms with Gasteiger partial charge >= 0.3 is 0 Å². The van der Waals surface area contributed by atoms with E-state index in [0.29, 0.717) is 18.4 Å². The molecule has 7 heteroatoms. The predicted molar refractivity (Wildman–Crippen MR) is 70.9 cm³/mol. The highest BCUT2D eigenvalue weighted by Crippen LogP contribution is 2.25. The molecule has 1 fully saturated rings. The van der Waals surface area contributed by atoms with Crippen molar-refractivity contribution in [3.05, 3.63) is 23.9 Å². The molecule has 116 valence electrons. The van der Waals surface area contributed by atoms with Gasteiger partial charge in [-0.05, 0) is 30.9 Å². The van der Waals surface area contributed by atoms with E-state index in [1.807, 2.05) is 0 Å². The fourth-order valence-electron chi connectivity index (χ4n) is 2.35. The van der Waals surface area contributed by atoms with Gasteiger partial charge in [0.05, 0.1) is 12.0 Å². The van der Waals surface area contributed by atoms with E-state index in [0.717, 1.165) is 6.42 Å². The van der Waals surface area contributed by atoms with Crippen molar-refractivity contribution in [3.8, 4) is 5.88 Å². The number of aliphatic hydroxyl groups excluding tert-OH is 1. The van der Waals surface area contributed by atoms with Gasteiger partial charge in [-0.3, -0.25) is 4.79 Å². The van der Waals surface area contributed by atoms with Gasteiger partial charge in [-0.1, -0.05) is 0 Å². The number of halogens is 2. The highest BCUT2D eigenvalue weighted by molar-refractivity contribution is 5.79. The van der Waals surface area contributed by atoms with Crippen molar-refractivity contribution < 1.29 is 23.4 Å². The maximum absolute atomic E-state index is 12.1. The molecule has 1 heterocycles. The van der Waals surface area contributed by atoms with E-state index in [1.54, 1.807) is 6.07 Å². The number of nitrogens with one attached hydrogen (secondary N) is 1. The van der Waals surface area contributed by atoms with E-state index in [1.165, 1.54) is 12.3 Å². The summed E-state index contributed by atoms with van der Waals surface area (Å²) in [5.74, 6) is -0.448. The highest BCUT2D eigenvalue weighted by atomic mass is 19.3. The predicted octanol–water partition coefficient (Wildman–Crippen LogP) is 1.50. The van der Waals surface area contributed by atoms with Crippen LogP contribution in [-0.4, -0.2) is 35.1 Å². The third kappa shape index (κ3) is 4.63. The van der Waals surface area contributed by atoms with Crippen LogP contribution in [0, 0.1) is 5.92 Å². The van der Waals surface area contributed by atoms with Gasteiger partial charge in [0.15, 0.2) is 6.61 Å². The SMILES string of the molecule is O=C(NCc1ccnc(OCC(F)F)c1)C1CCCC1O. The zero-order valence-corrected chi connectivity index (χ0v) is 11.5. The van der Waals surface area contributed by atoms with Crippen molar-refractivity contribution in [1.29, 1.82) is 0 Å². The summed E-state index contributed by atoms with van der Waals surface area (Å²) < 4.78 is 28.9. The van der Waals surface area contributed by atoms with Crippen LogP contribution in [0.1, 0.15) is 24.8 Å². The molecule has 0 saturated heterocycles. The number of amides is 1. The van der Waals surface area contributed by atoms with E-state index < -0.39 is 19.1 Å². The Morgan fingerprint density at radius 2 is 2.33 bits per heavy atom. The number of alkyl halides is 2. The second-order valence-corrected chi connectivity index (χ2v) is 5.03. The molecule has 0 bridgehead atoms. The summed E-state index contributed by atoms with van der Waals surface area (Å²) in [7, 11) is 0. The molecule has 21 heavy (non-hydrogen) atoms. The van der Waals surface area contributed by atoms with Crippen LogP contribution >= 0.6 is 0 Å². The molecule has 1 aliphatic rings. The number of hydrogen-bond acceptors (Lipinski definition) is 4. The number of aromatic nitrogens is 1. The zero-order chi connectivity index (χ0) is 15.2. The number of carbonyl (C=O) groups is 1. The molecule has 5 nitrogen and oxygen atoms in total. The van der Waals surface area contributed by atoms with Crippen molar-refractivity contribution in [2.75, 3.05) is 6.61 Å². The number of rotatable bonds is 6. The average molecular weight is 300 g/mol. The molecule has 1 aromatic rings. The number of carbonyl (C=O) groups excluding carboxylic acids is 1. The standard InChI is InChI=1S/C14H18F2N2O3/c15-12(16)8-21-13-6-9(4-5-17-13)7-18-14(20)10-2-1-3-11(10)19/h4-6,10-12,19H,1-3,7-8H2,(H,18,20). The van der Waals surface area contributed by atoms with E-state index >= 15 is 0 Å². The first-order valence-electron chi connectivity index (χ1n) is 6.88. The Kier molecular flexibility index (Phi) is 5.44. The van der Waals surface area contributed by atoms with Crippen LogP contribution < -0.4 is 10.1 Å². The normalized spacial score (nSPS) is 21.5. The first-order chi connectivity index (χ1) is 10.1. The second-order valence-electron chi connectivity index (χ2n) is 5.03. The molecule has 2 rings (SSSR count). The lowest BCUT2D eigenvalue weighted by Gasteiger charge is -2.14. The number of nitrogens with zero attached hydrogens (tertiary/aromatic N) is 1. The molecule has 0 radical (unpaired) electrons. The third-order valence-electron chi connectivity index (χ3n) is 3.44. The van der Waals surface area contributed by atoms with Crippen molar-refractivity contribution in [1.82, 2.24) is 10.3 Å². The number of ether oxygens (including phenoxy) is 1. The summed E-state index contributed by atoms with van der Waals surface area (Å²) in [5, 5.41) is 12.4. The number of hydrogen-bond donors (Lipinski definition) is 2. The van der Waals surface area contributed by atoms with Gasteiger partial charge in [0, 0.05) is 18.8 Å². The van der Waals surface area contributed by atoms with Gasteiger partial charge in [-0.2, -0.15) is 0 Å². The average Bonchev–Trinajstić information content (AvgIpc) is 2.89. The van der Waals surface area contributed by atoms with Crippen LogP contribution in [-0.2, 0) is 11.3 Å². The topological polar surface area (TPSA) is 71.5 Å². The summed E-state index contributed by atoms with van der Waals surface area (Å²) in [5.41, 5.74) is 0.704. The highest BCUT2D eigenvalue weighted by Gasteiger charge is 2.31. The summed E-state index contributed by atoms with van der Waals surface area (Å²) in [6, 6.07) is 3.17. The summed E-state index contributed by atoms with van der Waals surface area (Å²) in [6.45, 7) is -0.466. The van der Waals surface area contributed by atoms with E-state index in [9.17, 15) is 18.7 Å². The van der Waals surface area contributed by atoms with Gasteiger partial charge in [-0.15, -0.1) is 0 Å². The maximum atomic E-state index is 12.1. The lowest BCUT2D eigenvalue weighted by Crippen LogP contribution is -2.34. The van der Waals surface area contributed by atoms with Crippen molar-refractivity contribution in [2.45, 2.75) is 38.3 Å². The number of pyridine rings is 1. The van der Waals surface area contributed by atoms with Crippen LogP contribution in [0.2, 0.25) is 0 Å². The Bertz CT molecular complexity index is 485. The van der Waals surface area contributed by atoms with Crippen molar-refractivity contribution >= 4 is 5.91 Å². The van der Waals surface area contributed by atoms with Crippen molar-refractivity contribution in [2.24, 2.45) is 5.92 Å². The summed E-state index contributed by atoms with van der Waals surface area (Å²) >= 11 is 0. The molecule has 1 amide bonds. The molecule has 1 aromatic heterocycles. The molecule has 0 aliphatic heterocycles. The smallest absolute Gasteiger partial charge is 0.272 e. The van der Waals surface area contributed by atoms with Crippen LogP contribution in [0.15, 0.2) is 18.3 Å². The first-order valence-corrected chi connectivity index (χ1v) is 6.88. The fourth-order valence-corrected chi connectivity index (χ4v) is 2.35. The van der Waals surface area contributed by atoms with Gasteiger partial charge in [-0.25, -0.2) is 13.8 Å². The summed E-state index contributed by atoms with van der Waals surface area (Å²) in [6.07, 6.45) is 0.490. The van der Waals surface area contributed by atoms with E-state index in [4.69, 9.17) is 4.74 Å². The largest absolute Gasteiger partial charge is 0.472 e. The van der Waals surface area contributed by atoms with Gasteiger partial charge in [0.2, 0.25) is 11.8 Å². The van der Waals surface area contributed by atoms with Crippen molar-refractivity contribution in [3.63, 3.8) is 0 Å². The molecular weight excluding hydrogens is 282 g/mol. The van der Waals surface area contributed by atoms with Gasteiger partial charge < -0.3 is 15.2 Å². The molecule has 0 spiro atoms. The third-order valence-corrected chi connectivity index (χ3v) is 3.44. The minimum absolute atomic E-state index is 0.1000. The Balaban J connectivity index is 1.85. The van der Waals surface area contributed by atoms with Crippen LogP contribution in [0.25, 0.3) is 0 Å². The fraction of sp³-hybridized carbons (Fsp3) is 0.571. The maximum Gasteiger partial charge on any atom is 0.272 e. The summed E-state index contributed by atoms with van der Waals surface area (Å²) in [4.78, 5) is 15.7. The molecule has 1 aliphatic carbocycles. The molecule has 1 saturated carbocycles. The quantitative estimate of drug-likeness (QED) is 0.835. The molecule has 2 N–H and O–H groups in total. The minimum Gasteiger partial charge on any atom is -0.472 e. The second kappa shape index (κ2) is 7.31. The van der Waals surface area contributed by atoms with Crippen LogP contribution in [0.3, 0.4) is 0 Å². The number of aliphatic hydroxyl groups is 1. The Morgan fingerprint density at radius 1 is 1.52 bits per heavy atom. The van der Waals surface area contributed by atoms with Gasteiger partial charge in [0.1, 0.15) is 0 Å². The lowest BCUT2D eigenvalue weighted by molar-refractivity contribution is -0.127. The molecule has 0 aromatic carbocycles. The zero-order valence-electron chi connectivity index (χ0n) is 11.5.